The number of carbonyl (C=O) groups excluding carboxylic acids is 1. The fraction of sp³-hybridized carbons (Fsp3) is 0.600. The summed E-state index contributed by atoms with van der Waals surface area (Å²) >= 11 is 0. The van der Waals surface area contributed by atoms with Gasteiger partial charge in [-0.25, -0.2) is 4.79 Å². The minimum atomic E-state index is -1.08. The lowest BCUT2D eigenvalue weighted by molar-refractivity contribution is -0.224. The molecule has 4 atom stereocenters. The third-order valence-corrected chi connectivity index (χ3v) is 6.47. The number of hydrogen-bond donors (Lipinski definition) is 2. The van der Waals surface area contributed by atoms with Crippen LogP contribution in [-0.2, 0) is 14.3 Å². The van der Waals surface area contributed by atoms with Crippen LogP contribution in [0.3, 0.4) is 0 Å². The fourth-order valence-electron chi connectivity index (χ4n) is 4.81. The molecule has 0 aromatic heterocycles. The van der Waals surface area contributed by atoms with Gasteiger partial charge in [-0.15, -0.1) is 0 Å². The Hall–Kier alpha value is -1.88. The van der Waals surface area contributed by atoms with Crippen LogP contribution in [0.5, 0.6) is 0 Å². The molecule has 136 valence electrons. The van der Waals surface area contributed by atoms with Crippen LogP contribution in [0.2, 0.25) is 0 Å². The van der Waals surface area contributed by atoms with Gasteiger partial charge in [0, 0.05) is 11.5 Å². The molecule has 2 N–H and O–H groups in total. The molecule has 0 aromatic carbocycles. The standard InChI is InChI=1S/C20H26O5/c1-13-6-10-19-11-8-15(20(19,24)12-7-13)18(3,25-17(19)23)9-4-5-14(2)16(21)22/h4-6,9,15,24H,7-8,10-12H2,1-3H3,(H,21,22)/b9-4+,14-5+/t15?,18-,19-,20+/m1/s1. The first kappa shape index (κ1) is 17.9. The summed E-state index contributed by atoms with van der Waals surface area (Å²) < 4.78 is 5.83. The molecular weight excluding hydrogens is 320 g/mol. The highest BCUT2D eigenvalue weighted by Crippen LogP contribution is 2.63. The van der Waals surface area contributed by atoms with E-state index in [1.54, 1.807) is 12.2 Å². The topological polar surface area (TPSA) is 83.8 Å². The van der Waals surface area contributed by atoms with Gasteiger partial charge in [0.1, 0.15) is 11.0 Å². The molecule has 1 unspecified atom stereocenters. The van der Waals surface area contributed by atoms with Gasteiger partial charge in [0.15, 0.2) is 0 Å². The quantitative estimate of drug-likeness (QED) is 0.355. The van der Waals surface area contributed by atoms with Crippen molar-refractivity contribution in [1.29, 1.82) is 0 Å². The molecule has 2 aliphatic carbocycles. The van der Waals surface area contributed by atoms with Crippen LogP contribution in [0.25, 0.3) is 0 Å². The van der Waals surface area contributed by atoms with E-state index in [9.17, 15) is 14.7 Å². The zero-order valence-corrected chi connectivity index (χ0v) is 15.0. The lowest BCUT2D eigenvalue weighted by Crippen LogP contribution is -2.63. The maximum Gasteiger partial charge on any atom is 0.331 e. The van der Waals surface area contributed by atoms with Crippen LogP contribution in [0.4, 0.5) is 0 Å². The summed E-state index contributed by atoms with van der Waals surface area (Å²) in [5.74, 6) is -1.51. The Morgan fingerprint density at radius 1 is 1.40 bits per heavy atom. The number of cyclic esters (lactones) is 1. The summed E-state index contributed by atoms with van der Waals surface area (Å²) in [6.07, 6.45) is 10.1. The Balaban J connectivity index is 1.97. The Morgan fingerprint density at radius 2 is 2.12 bits per heavy atom. The molecule has 0 spiro atoms. The van der Waals surface area contributed by atoms with Crippen LogP contribution < -0.4 is 0 Å². The predicted octanol–water partition coefficient (Wildman–Crippen LogP) is 3.15. The van der Waals surface area contributed by atoms with Gasteiger partial charge in [0.05, 0.1) is 5.60 Å². The van der Waals surface area contributed by atoms with E-state index in [1.807, 2.05) is 13.8 Å². The van der Waals surface area contributed by atoms with Gasteiger partial charge in [-0.1, -0.05) is 23.8 Å². The van der Waals surface area contributed by atoms with E-state index >= 15 is 0 Å². The maximum atomic E-state index is 12.9. The monoisotopic (exact) mass is 346 g/mol. The molecule has 3 aliphatic rings. The summed E-state index contributed by atoms with van der Waals surface area (Å²) in [5, 5.41) is 20.6. The molecule has 5 heteroatoms. The number of carboxylic acids is 1. The van der Waals surface area contributed by atoms with Crippen LogP contribution in [0, 0.1) is 11.3 Å². The number of rotatable bonds is 3. The van der Waals surface area contributed by atoms with Crippen LogP contribution >= 0.6 is 0 Å². The van der Waals surface area contributed by atoms with Gasteiger partial charge in [0.2, 0.25) is 0 Å². The van der Waals surface area contributed by atoms with Gasteiger partial charge in [-0.3, -0.25) is 4.79 Å². The highest BCUT2D eigenvalue weighted by atomic mass is 16.6. The SMILES string of the molecule is CC1=CC[C@@]23CCC([C@@](C)(/C=C/C=C(\C)C(=O)O)OC2=O)[C@@]3(O)CC1. The number of carbonyl (C=O) groups is 2. The lowest BCUT2D eigenvalue weighted by Gasteiger charge is -2.52. The van der Waals surface area contributed by atoms with Crippen molar-refractivity contribution < 1.29 is 24.5 Å². The molecule has 0 radical (unpaired) electrons. The van der Waals surface area contributed by atoms with Crippen molar-refractivity contribution in [3.8, 4) is 0 Å². The number of carboxylic acid groups (broad SMARTS) is 1. The highest BCUT2D eigenvalue weighted by Gasteiger charge is 2.71. The normalized spacial score (nSPS) is 41.1. The second kappa shape index (κ2) is 5.84. The van der Waals surface area contributed by atoms with Crippen LogP contribution in [0.15, 0.2) is 35.5 Å². The first-order valence-corrected chi connectivity index (χ1v) is 8.85. The van der Waals surface area contributed by atoms with Gasteiger partial charge >= 0.3 is 11.9 Å². The van der Waals surface area contributed by atoms with E-state index in [2.05, 4.69) is 6.08 Å². The van der Waals surface area contributed by atoms with Crippen molar-refractivity contribution in [2.24, 2.45) is 11.3 Å². The minimum Gasteiger partial charge on any atom is -0.478 e. The summed E-state index contributed by atoms with van der Waals surface area (Å²) in [6, 6.07) is 0. The molecular formula is C20H26O5. The number of allylic oxidation sites excluding steroid dienone is 4. The molecule has 3 rings (SSSR count). The van der Waals surface area contributed by atoms with E-state index in [1.165, 1.54) is 18.6 Å². The smallest absolute Gasteiger partial charge is 0.331 e. The van der Waals surface area contributed by atoms with Crippen molar-refractivity contribution in [2.75, 3.05) is 0 Å². The number of aliphatic carboxylic acids is 1. The Bertz CT molecular complexity index is 703. The zero-order valence-electron chi connectivity index (χ0n) is 15.0. The molecule has 5 nitrogen and oxygen atoms in total. The summed E-state index contributed by atoms with van der Waals surface area (Å²) in [5.41, 5.74) is -1.44. The molecule has 2 bridgehead atoms. The molecule has 1 heterocycles. The van der Waals surface area contributed by atoms with Crippen molar-refractivity contribution in [3.63, 3.8) is 0 Å². The minimum absolute atomic E-state index is 0.188. The van der Waals surface area contributed by atoms with Gasteiger partial charge < -0.3 is 14.9 Å². The first-order valence-electron chi connectivity index (χ1n) is 8.85. The second-order valence-electron chi connectivity index (χ2n) is 7.94. The van der Waals surface area contributed by atoms with Gasteiger partial charge in [0.25, 0.3) is 0 Å². The van der Waals surface area contributed by atoms with E-state index in [-0.39, 0.29) is 17.5 Å². The van der Waals surface area contributed by atoms with E-state index < -0.39 is 22.6 Å². The van der Waals surface area contributed by atoms with Gasteiger partial charge in [-0.2, -0.15) is 0 Å². The summed E-state index contributed by atoms with van der Waals surface area (Å²) in [6.45, 7) is 5.36. The largest absolute Gasteiger partial charge is 0.478 e. The van der Waals surface area contributed by atoms with E-state index in [0.717, 1.165) is 12.8 Å². The molecule has 1 saturated carbocycles. The third kappa shape index (κ3) is 2.56. The van der Waals surface area contributed by atoms with E-state index in [0.29, 0.717) is 19.3 Å². The Labute approximate surface area is 148 Å². The number of aliphatic hydroxyl groups is 1. The van der Waals surface area contributed by atoms with Crippen molar-refractivity contribution in [2.45, 2.75) is 64.1 Å². The molecule has 25 heavy (non-hydrogen) atoms. The summed E-state index contributed by atoms with van der Waals surface area (Å²) in [4.78, 5) is 23.9. The Kier molecular flexibility index (Phi) is 4.18. The van der Waals surface area contributed by atoms with Crippen molar-refractivity contribution in [3.05, 3.63) is 35.5 Å². The molecule has 2 fully saturated rings. The predicted molar refractivity (Wildman–Crippen MR) is 92.7 cm³/mol. The van der Waals surface area contributed by atoms with Crippen molar-refractivity contribution in [1.82, 2.24) is 0 Å². The second-order valence-corrected chi connectivity index (χ2v) is 7.94. The molecule has 0 aromatic rings. The lowest BCUT2D eigenvalue weighted by atomic mass is 9.62. The molecule has 1 aliphatic heterocycles. The fourth-order valence-corrected chi connectivity index (χ4v) is 4.81. The van der Waals surface area contributed by atoms with Crippen LogP contribution in [-0.4, -0.2) is 33.4 Å². The zero-order chi connectivity index (χ0) is 18.5. The van der Waals surface area contributed by atoms with Crippen LogP contribution in [0.1, 0.15) is 52.9 Å². The van der Waals surface area contributed by atoms with Gasteiger partial charge in [-0.05, 0) is 59.0 Å². The van der Waals surface area contributed by atoms with E-state index in [4.69, 9.17) is 9.84 Å². The summed E-state index contributed by atoms with van der Waals surface area (Å²) in [7, 11) is 0. The first-order chi connectivity index (χ1) is 11.6. The highest BCUT2D eigenvalue weighted by molar-refractivity contribution is 5.86. The Morgan fingerprint density at radius 3 is 2.80 bits per heavy atom. The number of ether oxygens (including phenoxy) is 1. The average molecular weight is 346 g/mol. The maximum absolute atomic E-state index is 12.9. The molecule has 1 saturated heterocycles. The number of esters is 1. The van der Waals surface area contributed by atoms with Crippen molar-refractivity contribution >= 4 is 11.9 Å². The molecule has 0 amide bonds. The third-order valence-electron chi connectivity index (χ3n) is 6.47. The average Bonchev–Trinajstić information content (AvgIpc) is 2.69. The number of hydrogen-bond acceptors (Lipinski definition) is 4.